The van der Waals surface area contributed by atoms with Gasteiger partial charge in [-0.3, -0.25) is 0 Å². The van der Waals surface area contributed by atoms with Gasteiger partial charge in [-0.25, -0.2) is 4.79 Å². The molecule has 1 aromatic carbocycles. The van der Waals surface area contributed by atoms with Gasteiger partial charge >= 0.3 is 5.97 Å². The highest BCUT2D eigenvalue weighted by Crippen LogP contribution is 2.42. The number of methoxy groups -OCH3 is 1. The van der Waals surface area contributed by atoms with Crippen LogP contribution < -0.4 is 4.74 Å². The second-order valence-corrected chi connectivity index (χ2v) is 4.70. The maximum absolute atomic E-state index is 11.7. The van der Waals surface area contributed by atoms with E-state index in [1.165, 1.54) is 7.11 Å². The van der Waals surface area contributed by atoms with Crippen LogP contribution in [-0.2, 0) is 16.1 Å². The van der Waals surface area contributed by atoms with Crippen molar-refractivity contribution in [2.45, 2.75) is 20.5 Å². The van der Waals surface area contributed by atoms with E-state index in [9.17, 15) is 14.7 Å². The highest BCUT2D eigenvalue weighted by atomic mass is 16.5. The number of hydrogen-bond acceptors (Lipinski definition) is 5. The lowest BCUT2D eigenvalue weighted by Crippen LogP contribution is -2.01. The molecule has 0 bridgehead atoms. The van der Waals surface area contributed by atoms with Crippen molar-refractivity contribution in [2.24, 2.45) is 5.92 Å². The maximum atomic E-state index is 11.7. The van der Waals surface area contributed by atoms with Crippen LogP contribution in [0, 0.1) is 12.8 Å². The fourth-order valence-electron chi connectivity index (χ4n) is 2.23. The number of aromatic hydroxyl groups is 1. The number of phenolic OH excluding ortho intramolecular Hbond substituents is 1. The van der Waals surface area contributed by atoms with E-state index in [2.05, 4.69) is 0 Å². The van der Waals surface area contributed by atoms with Gasteiger partial charge in [0.05, 0.1) is 12.7 Å². The summed E-state index contributed by atoms with van der Waals surface area (Å²) in [4.78, 5) is 22.3. The molecule has 1 aliphatic rings. The molecule has 106 valence electrons. The molecule has 1 aliphatic heterocycles. The third-order valence-electron chi connectivity index (χ3n) is 3.37. The first-order chi connectivity index (χ1) is 9.51. The van der Waals surface area contributed by atoms with Crippen molar-refractivity contribution in [3.8, 4) is 11.5 Å². The quantitative estimate of drug-likeness (QED) is 0.674. The zero-order valence-electron chi connectivity index (χ0n) is 11.6. The number of hydrogen-bond donors (Lipinski definition) is 1. The Morgan fingerprint density at radius 1 is 1.45 bits per heavy atom. The molecule has 0 saturated heterocycles. The summed E-state index contributed by atoms with van der Waals surface area (Å²) in [7, 11) is 1.49. The third-order valence-corrected chi connectivity index (χ3v) is 3.37. The average Bonchev–Trinajstić information content (AvgIpc) is 2.83. The van der Waals surface area contributed by atoms with Crippen LogP contribution in [0.1, 0.15) is 34.0 Å². The molecule has 1 heterocycles. The van der Waals surface area contributed by atoms with Gasteiger partial charge in [0, 0.05) is 11.5 Å². The number of phenols is 1. The third kappa shape index (κ3) is 2.15. The highest BCUT2D eigenvalue weighted by Gasteiger charge is 2.31. The first-order valence-corrected chi connectivity index (χ1v) is 6.24. The lowest BCUT2D eigenvalue weighted by molar-refractivity contribution is -0.109. The summed E-state index contributed by atoms with van der Waals surface area (Å²) in [5, 5.41) is 10.3. The first-order valence-electron chi connectivity index (χ1n) is 6.24. The topological polar surface area (TPSA) is 72.8 Å². The molecule has 5 nitrogen and oxygen atoms in total. The van der Waals surface area contributed by atoms with E-state index in [0.29, 0.717) is 16.9 Å². The molecule has 0 radical (unpaired) electrons. The van der Waals surface area contributed by atoms with E-state index in [-0.39, 0.29) is 23.8 Å². The van der Waals surface area contributed by atoms with Crippen LogP contribution in [0.5, 0.6) is 11.5 Å². The van der Waals surface area contributed by atoms with E-state index in [1.807, 2.05) is 0 Å². The second kappa shape index (κ2) is 5.36. The summed E-state index contributed by atoms with van der Waals surface area (Å²) in [5.41, 5.74) is 1.97. The number of rotatable bonds is 4. The summed E-state index contributed by atoms with van der Waals surface area (Å²) in [6.45, 7) is 3.67. The predicted octanol–water partition coefficient (Wildman–Crippen LogP) is 2.23. The minimum atomic E-state index is -0.540. The van der Waals surface area contributed by atoms with Gasteiger partial charge in [0.25, 0.3) is 0 Å². The van der Waals surface area contributed by atoms with E-state index in [0.717, 1.165) is 11.8 Å². The minimum absolute atomic E-state index is 0.138. The van der Waals surface area contributed by atoms with Gasteiger partial charge < -0.3 is 19.4 Å². The Morgan fingerprint density at radius 2 is 2.15 bits per heavy atom. The van der Waals surface area contributed by atoms with E-state index in [1.54, 1.807) is 26.0 Å². The van der Waals surface area contributed by atoms with Gasteiger partial charge in [-0.1, -0.05) is 19.1 Å². The predicted molar refractivity (Wildman–Crippen MR) is 72.8 cm³/mol. The van der Waals surface area contributed by atoms with Crippen LogP contribution in [0.15, 0.2) is 6.08 Å². The fourth-order valence-corrected chi connectivity index (χ4v) is 2.23. The zero-order chi connectivity index (χ0) is 14.9. The number of carbonyl (C=O) groups excluding carboxylic acids is 2. The molecule has 0 aliphatic carbocycles. The molecule has 2 rings (SSSR count). The number of allylic oxidation sites excluding steroid dienone is 1. The van der Waals surface area contributed by atoms with Gasteiger partial charge in [0.2, 0.25) is 0 Å². The molecule has 1 N–H and O–H groups in total. The number of esters is 1. The van der Waals surface area contributed by atoms with E-state index >= 15 is 0 Å². The monoisotopic (exact) mass is 276 g/mol. The van der Waals surface area contributed by atoms with Gasteiger partial charge in [0.15, 0.2) is 0 Å². The molecule has 0 aromatic heterocycles. The molecule has 0 fully saturated rings. The fraction of sp³-hybridized carbons (Fsp3) is 0.333. The molecule has 20 heavy (non-hydrogen) atoms. The lowest BCUT2D eigenvalue weighted by Gasteiger charge is -2.14. The van der Waals surface area contributed by atoms with E-state index in [4.69, 9.17) is 9.47 Å². The minimum Gasteiger partial charge on any atom is -0.506 e. The summed E-state index contributed by atoms with van der Waals surface area (Å²) >= 11 is 0. The van der Waals surface area contributed by atoms with Crippen molar-refractivity contribution in [1.29, 1.82) is 0 Å². The van der Waals surface area contributed by atoms with Crippen LogP contribution in [0.25, 0.3) is 6.08 Å². The average molecular weight is 276 g/mol. The maximum Gasteiger partial charge on any atom is 0.342 e. The zero-order valence-corrected chi connectivity index (χ0v) is 11.6. The van der Waals surface area contributed by atoms with Crippen molar-refractivity contribution in [2.75, 3.05) is 7.11 Å². The Kier molecular flexibility index (Phi) is 3.79. The first kappa shape index (κ1) is 14.1. The number of ether oxygens (including phenoxy) is 2. The standard InChI is InChI=1S/C15H16O5/c1-8(6-16)4-5-10-13(17)12-11(7-20-15(12)18)9(2)14(10)19-3/h4-6,8,17H,7H2,1-3H3. The molecule has 5 heteroatoms. The number of fused-ring (bicyclic) bond motifs is 1. The molecule has 1 aromatic rings. The normalized spacial score (nSPS) is 15.1. The molecular formula is C15H16O5. The Balaban J connectivity index is 2.64. The van der Waals surface area contributed by atoms with Crippen molar-refractivity contribution in [1.82, 2.24) is 0 Å². The molecule has 0 amide bonds. The van der Waals surface area contributed by atoms with Crippen LogP contribution >= 0.6 is 0 Å². The van der Waals surface area contributed by atoms with Gasteiger partial charge in [0.1, 0.15) is 30.0 Å². The summed E-state index contributed by atoms with van der Waals surface area (Å²) in [6.07, 6.45) is 4.01. The van der Waals surface area contributed by atoms with E-state index < -0.39 is 5.97 Å². The molecule has 0 saturated carbocycles. The van der Waals surface area contributed by atoms with Crippen molar-refractivity contribution >= 4 is 18.3 Å². The van der Waals surface area contributed by atoms with Gasteiger partial charge in [-0.05, 0) is 12.5 Å². The molecular weight excluding hydrogens is 260 g/mol. The van der Waals surface area contributed by atoms with Crippen molar-refractivity contribution < 1.29 is 24.2 Å². The van der Waals surface area contributed by atoms with Crippen LogP contribution in [0.2, 0.25) is 0 Å². The second-order valence-electron chi connectivity index (χ2n) is 4.70. The van der Waals surface area contributed by atoms with Crippen LogP contribution in [0.4, 0.5) is 0 Å². The SMILES string of the molecule is COc1c(C)c2c(c(O)c1C=CC(C)C=O)C(=O)OC2. The smallest absolute Gasteiger partial charge is 0.342 e. The molecule has 1 unspecified atom stereocenters. The Labute approximate surface area is 116 Å². The Hall–Kier alpha value is -2.30. The van der Waals surface area contributed by atoms with Crippen molar-refractivity contribution in [3.05, 3.63) is 28.3 Å². The van der Waals surface area contributed by atoms with Gasteiger partial charge in [-0.2, -0.15) is 0 Å². The Morgan fingerprint density at radius 3 is 2.75 bits per heavy atom. The summed E-state index contributed by atoms with van der Waals surface area (Å²) in [5.74, 6) is -0.519. The largest absolute Gasteiger partial charge is 0.506 e. The number of benzene rings is 1. The number of cyclic esters (lactones) is 1. The highest BCUT2D eigenvalue weighted by molar-refractivity contribution is 5.99. The summed E-state index contributed by atoms with van der Waals surface area (Å²) in [6, 6.07) is 0. The lowest BCUT2D eigenvalue weighted by atomic mass is 9.96. The van der Waals surface area contributed by atoms with Gasteiger partial charge in [-0.15, -0.1) is 0 Å². The van der Waals surface area contributed by atoms with Crippen molar-refractivity contribution in [3.63, 3.8) is 0 Å². The number of carbonyl (C=O) groups is 2. The summed E-state index contributed by atoms with van der Waals surface area (Å²) < 4.78 is 10.3. The number of aldehydes is 1. The van der Waals surface area contributed by atoms with Crippen LogP contribution in [-0.4, -0.2) is 24.5 Å². The molecule has 0 spiro atoms. The van der Waals surface area contributed by atoms with Crippen LogP contribution in [0.3, 0.4) is 0 Å². The Bertz CT molecular complexity index is 601. The molecule has 1 atom stereocenters.